The van der Waals surface area contributed by atoms with E-state index in [4.69, 9.17) is 0 Å². The molecule has 2 unspecified atom stereocenters. The van der Waals surface area contributed by atoms with Gasteiger partial charge in [0.2, 0.25) is 0 Å². The van der Waals surface area contributed by atoms with Crippen molar-refractivity contribution in [1.82, 2.24) is 0 Å². The molecular formula is C17H19NO2. The lowest BCUT2D eigenvalue weighted by molar-refractivity contribution is 0.0699. The van der Waals surface area contributed by atoms with Crippen LogP contribution in [0.25, 0.3) is 10.8 Å². The number of benzene rings is 2. The van der Waals surface area contributed by atoms with Crippen LogP contribution in [-0.2, 0) is 0 Å². The van der Waals surface area contributed by atoms with Crippen molar-refractivity contribution in [2.24, 2.45) is 11.8 Å². The van der Waals surface area contributed by atoms with Crippen LogP contribution in [0.1, 0.15) is 24.2 Å². The third-order valence-corrected chi connectivity index (χ3v) is 4.46. The zero-order chi connectivity index (χ0) is 14.3. The summed E-state index contributed by atoms with van der Waals surface area (Å²) in [6, 6.07) is 11.5. The van der Waals surface area contributed by atoms with Crippen LogP contribution in [-0.4, -0.2) is 24.2 Å². The maximum atomic E-state index is 11.3. The molecule has 0 aliphatic carbocycles. The highest BCUT2D eigenvalue weighted by Crippen LogP contribution is 2.34. The quantitative estimate of drug-likeness (QED) is 0.905. The molecule has 2 atom stereocenters. The van der Waals surface area contributed by atoms with Crippen molar-refractivity contribution >= 4 is 22.4 Å². The number of aromatic carboxylic acids is 1. The first-order valence-corrected chi connectivity index (χ1v) is 7.08. The Morgan fingerprint density at radius 3 is 2.25 bits per heavy atom. The van der Waals surface area contributed by atoms with Gasteiger partial charge in [0.05, 0.1) is 5.56 Å². The summed E-state index contributed by atoms with van der Waals surface area (Å²) >= 11 is 0. The molecule has 2 aromatic rings. The Bertz CT molecular complexity index is 655. The van der Waals surface area contributed by atoms with E-state index in [9.17, 15) is 9.90 Å². The molecule has 1 fully saturated rings. The topological polar surface area (TPSA) is 40.5 Å². The summed E-state index contributed by atoms with van der Waals surface area (Å²) in [6.07, 6.45) is 0. The van der Waals surface area contributed by atoms with Gasteiger partial charge in [-0.1, -0.05) is 38.1 Å². The zero-order valence-electron chi connectivity index (χ0n) is 11.8. The molecule has 0 saturated carbocycles. The minimum atomic E-state index is -0.865. The van der Waals surface area contributed by atoms with Crippen molar-refractivity contribution in [2.75, 3.05) is 18.0 Å². The van der Waals surface area contributed by atoms with Gasteiger partial charge in [0.1, 0.15) is 0 Å². The molecule has 1 N–H and O–H groups in total. The number of carboxylic acids is 1. The Labute approximate surface area is 118 Å². The van der Waals surface area contributed by atoms with Crippen LogP contribution < -0.4 is 4.90 Å². The van der Waals surface area contributed by atoms with Crippen molar-refractivity contribution in [3.8, 4) is 0 Å². The van der Waals surface area contributed by atoms with E-state index in [1.54, 1.807) is 6.07 Å². The molecule has 1 heterocycles. The lowest BCUT2D eigenvalue weighted by atomic mass is 10.0. The summed E-state index contributed by atoms with van der Waals surface area (Å²) in [4.78, 5) is 13.7. The molecule has 0 amide bonds. The van der Waals surface area contributed by atoms with Gasteiger partial charge in [-0.25, -0.2) is 4.79 Å². The smallest absolute Gasteiger partial charge is 0.336 e. The molecule has 3 heteroatoms. The van der Waals surface area contributed by atoms with E-state index < -0.39 is 5.97 Å². The van der Waals surface area contributed by atoms with Gasteiger partial charge in [-0.05, 0) is 29.4 Å². The van der Waals surface area contributed by atoms with Crippen LogP contribution in [0, 0.1) is 11.8 Å². The molecule has 3 nitrogen and oxygen atoms in total. The molecule has 1 saturated heterocycles. The lowest BCUT2D eigenvalue weighted by Gasteiger charge is -2.21. The van der Waals surface area contributed by atoms with Gasteiger partial charge < -0.3 is 10.0 Å². The molecule has 2 aromatic carbocycles. The second-order valence-corrected chi connectivity index (χ2v) is 5.84. The SMILES string of the molecule is CC1CN(c2ccc(C(=O)O)c3ccccc23)CC1C. The average molecular weight is 269 g/mol. The number of hydrogen-bond donors (Lipinski definition) is 1. The lowest BCUT2D eigenvalue weighted by Crippen LogP contribution is -2.20. The normalized spacial score (nSPS) is 22.4. The van der Waals surface area contributed by atoms with Crippen molar-refractivity contribution in [3.63, 3.8) is 0 Å². The Hall–Kier alpha value is -2.03. The molecule has 0 spiro atoms. The Morgan fingerprint density at radius 2 is 1.65 bits per heavy atom. The average Bonchev–Trinajstić information content (AvgIpc) is 2.77. The highest BCUT2D eigenvalue weighted by molar-refractivity contribution is 6.07. The van der Waals surface area contributed by atoms with Crippen molar-refractivity contribution < 1.29 is 9.90 Å². The summed E-state index contributed by atoms with van der Waals surface area (Å²) in [6.45, 7) is 6.63. The zero-order valence-corrected chi connectivity index (χ0v) is 11.8. The molecule has 104 valence electrons. The number of carboxylic acid groups (broad SMARTS) is 1. The molecular weight excluding hydrogens is 250 g/mol. The largest absolute Gasteiger partial charge is 0.478 e. The van der Waals surface area contributed by atoms with Crippen LogP contribution >= 0.6 is 0 Å². The first kappa shape index (κ1) is 13.0. The van der Waals surface area contributed by atoms with Crippen molar-refractivity contribution in [1.29, 1.82) is 0 Å². The minimum absolute atomic E-state index is 0.379. The number of nitrogens with zero attached hydrogens (tertiary/aromatic N) is 1. The molecule has 0 radical (unpaired) electrons. The van der Waals surface area contributed by atoms with Crippen molar-refractivity contribution in [3.05, 3.63) is 42.0 Å². The van der Waals surface area contributed by atoms with E-state index >= 15 is 0 Å². The number of fused-ring (bicyclic) bond motifs is 1. The molecule has 0 aromatic heterocycles. The second kappa shape index (κ2) is 4.82. The fourth-order valence-electron chi connectivity index (χ4n) is 3.07. The van der Waals surface area contributed by atoms with Crippen LogP contribution in [0.15, 0.2) is 36.4 Å². The monoisotopic (exact) mass is 269 g/mol. The van der Waals surface area contributed by atoms with Gasteiger partial charge in [0.15, 0.2) is 0 Å². The van der Waals surface area contributed by atoms with Crippen molar-refractivity contribution in [2.45, 2.75) is 13.8 Å². The third kappa shape index (κ3) is 2.03. The number of carbonyl (C=O) groups is 1. The predicted molar refractivity (Wildman–Crippen MR) is 81.4 cm³/mol. The van der Waals surface area contributed by atoms with E-state index in [1.165, 1.54) is 0 Å². The first-order valence-electron chi connectivity index (χ1n) is 7.08. The standard InChI is InChI=1S/C17H19NO2/c1-11-9-18(10-12(11)2)16-8-7-15(17(19)20)13-5-3-4-6-14(13)16/h3-8,11-12H,9-10H2,1-2H3,(H,19,20). The van der Waals surface area contributed by atoms with Gasteiger partial charge >= 0.3 is 5.97 Å². The fraction of sp³-hybridized carbons (Fsp3) is 0.353. The van der Waals surface area contributed by atoms with E-state index in [2.05, 4.69) is 18.7 Å². The maximum Gasteiger partial charge on any atom is 0.336 e. The van der Waals surface area contributed by atoms with E-state index in [0.29, 0.717) is 17.4 Å². The highest BCUT2D eigenvalue weighted by Gasteiger charge is 2.27. The number of hydrogen-bond acceptors (Lipinski definition) is 2. The maximum absolute atomic E-state index is 11.3. The Balaban J connectivity index is 2.14. The van der Waals surface area contributed by atoms with Gasteiger partial charge in [0, 0.05) is 24.2 Å². The van der Waals surface area contributed by atoms with E-state index in [-0.39, 0.29) is 0 Å². The molecule has 1 aliphatic rings. The van der Waals surface area contributed by atoms with Gasteiger partial charge in [0.25, 0.3) is 0 Å². The van der Waals surface area contributed by atoms with Crippen LogP contribution in [0.3, 0.4) is 0 Å². The Kier molecular flexibility index (Phi) is 3.13. The van der Waals surface area contributed by atoms with Gasteiger partial charge in [-0.3, -0.25) is 0 Å². The summed E-state index contributed by atoms with van der Waals surface area (Å²) in [7, 11) is 0. The fourth-order valence-corrected chi connectivity index (χ4v) is 3.07. The summed E-state index contributed by atoms with van der Waals surface area (Å²) in [5.74, 6) is 0.483. The number of anilines is 1. The molecule has 20 heavy (non-hydrogen) atoms. The second-order valence-electron chi connectivity index (χ2n) is 5.84. The summed E-state index contributed by atoms with van der Waals surface area (Å²) < 4.78 is 0. The Morgan fingerprint density at radius 1 is 1.05 bits per heavy atom. The van der Waals surface area contributed by atoms with Gasteiger partial charge in [-0.15, -0.1) is 0 Å². The number of rotatable bonds is 2. The third-order valence-electron chi connectivity index (χ3n) is 4.46. The predicted octanol–water partition coefficient (Wildman–Crippen LogP) is 3.63. The van der Waals surface area contributed by atoms with Crippen LogP contribution in [0.2, 0.25) is 0 Å². The highest BCUT2D eigenvalue weighted by atomic mass is 16.4. The van der Waals surface area contributed by atoms with E-state index in [0.717, 1.165) is 29.5 Å². The van der Waals surface area contributed by atoms with Crippen LogP contribution in [0.4, 0.5) is 5.69 Å². The summed E-state index contributed by atoms with van der Waals surface area (Å²) in [5, 5.41) is 11.2. The van der Waals surface area contributed by atoms with Gasteiger partial charge in [-0.2, -0.15) is 0 Å². The first-order chi connectivity index (χ1) is 9.58. The minimum Gasteiger partial charge on any atom is -0.478 e. The molecule has 0 bridgehead atoms. The molecule has 3 rings (SSSR count). The molecule has 1 aliphatic heterocycles. The summed E-state index contributed by atoms with van der Waals surface area (Å²) in [5.41, 5.74) is 1.53. The van der Waals surface area contributed by atoms with E-state index in [1.807, 2.05) is 30.3 Å². The van der Waals surface area contributed by atoms with Crippen LogP contribution in [0.5, 0.6) is 0 Å².